The molecule has 0 fully saturated rings. The van der Waals surface area contributed by atoms with Crippen LogP contribution in [0.25, 0.3) is 0 Å². The second kappa shape index (κ2) is 17.3. The van der Waals surface area contributed by atoms with Crippen LogP contribution >= 0.6 is 0 Å². The molecule has 0 atom stereocenters. The van der Waals surface area contributed by atoms with Crippen molar-refractivity contribution in [2.45, 2.75) is 27.7 Å². The Morgan fingerprint density at radius 1 is 0.568 bits per heavy atom. The SMILES string of the molecule is Cc1c[c-]c(N2C=CN(c3ccc(C)cc3)[CH-]2)cc1.Cc1ccc(N2C=CN(c3ccc(C)cc3)C2)cc1.FB(F)F.[F-].[Ir]. The first kappa shape index (κ1) is 36.2. The van der Waals surface area contributed by atoms with Crippen LogP contribution in [-0.4, -0.2) is 14.2 Å². The van der Waals surface area contributed by atoms with Gasteiger partial charge in [-0.3, -0.25) is 12.9 Å². The van der Waals surface area contributed by atoms with Crippen molar-refractivity contribution < 1.29 is 37.8 Å². The minimum absolute atomic E-state index is 0. The fourth-order valence-electron chi connectivity index (χ4n) is 4.25. The van der Waals surface area contributed by atoms with Gasteiger partial charge >= 0.3 is 7.54 Å². The molecule has 2 heterocycles. The van der Waals surface area contributed by atoms with Gasteiger partial charge in [0.2, 0.25) is 0 Å². The standard InChI is InChI=1S/C17H18N2.C17H16N2.BF3.FH.Ir/c2*1-14-3-7-16(8-4-14)18-11-12-19(13-18)17-9-5-15(2)6-10-17;2-1(3)4;;/h3-12H,13H2,1-2H3;3-9,11-13H,1-2H3;;1H;/q;-2;;;/p-1. The molecular weight excluding hydrogens is 743 g/mol. The summed E-state index contributed by atoms with van der Waals surface area (Å²) < 4.78 is 29.0. The third-order valence-corrected chi connectivity index (χ3v) is 6.66. The Morgan fingerprint density at radius 2 is 0.955 bits per heavy atom. The maximum absolute atomic E-state index is 9.67. The Bertz CT molecular complexity index is 1240. The van der Waals surface area contributed by atoms with E-state index < -0.39 is 7.54 Å². The van der Waals surface area contributed by atoms with Gasteiger partial charge in [-0.25, -0.2) is 0 Å². The second-order valence-electron chi connectivity index (χ2n) is 10.1. The van der Waals surface area contributed by atoms with Crippen molar-refractivity contribution in [3.63, 3.8) is 0 Å². The monoisotopic (exact) mass is 778 g/mol. The van der Waals surface area contributed by atoms with Crippen molar-refractivity contribution in [2.24, 2.45) is 0 Å². The summed E-state index contributed by atoms with van der Waals surface area (Å²) in [6.45, 7) is 11.3. The molecule has 1 radical (unpaired) electrons. The van der Waals surface area contributed by atoms with Gasteiger partial charge in [-0.15, -0.1) is 18.4 Å². The molecule has 0 amide bonds. The zero-order valence-electron chi connectivity index (χ0n) is 25.0. The Balaban J connectivity index is 0.000000263. The number of nitrogens with zero attached hydrogens (tertiary/aromatic N) is 4. The molecule has 0 spiro atoms. The van der Waals surface area contributed by atoms with Crippen LogP contribution < -0.4 is 24.3 Å². The molecule has 4 nitrogen and oxygen atoms in total. The maximum Gasteiger partial charge on any atom is 0.762 e. The number of benzene rings is 4. The normalized spacial score (nSPS) is 12.9. The Hall–Kier alpha value is -4.01. The molecule has 4 aromatic carbocycles. The van der Waals surface area contributed by atoms with Gasteiger partial charge in [0.1, 0.15) is 0 Å². The number of hydrogen-bond donors (Lipinski definition) is 0. The van der Waals surface area contributed by atoms with Gasteiger partial charge in [0.05, 0.1) is 6.67 Å². The van der Waals surface area contributed by atoms with E-state index in [4.69, 9.17) is 0 Å². The largest absolute Gasteiger partial charge is 1.00 e. The van der Waals surface area contributed by atoms with Gasteiger partial charge in [0.15, 0.2) is 0 Å². The van der Waals surface area contributed by atoms with E-state index in [2.05, 4.69) is 164 Å². The van der Waals surface area contributed by atoms with E-state index in [1.807, 2.05) is 12.3 Å². The molecule has 2 aliphatic rings. The minimum atomic E-state index is -3.67. The fourth-order valence-corrected chi connectivity index (χ4v) is 4.25. The summed E-state index contributed by atoms with van der Waals surface area (Å²) in [4.78, 5) is 8.67. The van der Waals surface area contributed by atoms with Gasteiger partial charge in [-0.05, 0) is 69.6 Å². The van der Waals surface area contributed by atoms with Crippen molar-refractivity contribution in [1.29, 1.82) is 0 Å². The van der Waals surface area contributed by atoms with Crippen molar-refractivity contribution in [1.82, 2.24) is 0 Å². The molecule has 0 saturated carbocycles. The molecular formula is C34H34BF4IrN4-3. The maximum atomic E-state index is 9.67. The van der Waals surface area contributed by atoms with Crippen molar-refractivity contribution >= 4 is 30.3 Å². The number of rotatable bonds is 4. The predicted octanol–water partition coefficient (Wildman–Crippen LogP) is 5.96. The van der Waals surface area contributed by atoms with Crippen LogP contribution in [0.5, 0.6) is 0 Å². The summed E-state index contributed by atoms with van der Waals surface area (Å²) in [6, 6.07) is 35.2. The van der Waals surface area contributed by atoms with E-state index in [0.29, 0.717) is 0 Å². The summed E-state index contributed by atoms with van der Waals surface area (Å²) in [6.07, 6.45) is 8.36. The van der Waals surface area contributed by atoms with E-state index in [1.165, 1.54) is 33.6 Å². The smallest absolute Gasteiger partial charge is 0.762 e. The van der Waals surface area contributed by atoms with E-state index in [0.717, 1.165) is 18.0 Å². The molecule has 233 valence electrons. The molecule has 0 aromatic heterocycles. The van der Waals surface area contributed by atoms with Crippen LogP contribution in [0.3, 0.4) is 0 Å². The Morgan fingerprint density at radius 3 is 1.36 bits per heavy atom. The van der Waals surface area contributed by atoms with Gasteiger partial charge < -0.3 is 24.3 Å². The molecule has 6 rings (SSSR count). The third-order valence-electron chi connectivity index (χ3n) is 6.66. The molecule has 2 aliphatic heterocycles. The fraction of sp³-hybridized carbons (Fsp3) is 0.147. The van der Waals surface area contributed by atoms with Crippen LogP contribution in [0.2, 0.25) is 0 Å². The van der Waals surface area contributed by atoms with Crippen molar-refractivity contribution in [3.8, 4) is 0 Å². The molecule has 0 aliphatic carbocycles. The first-order valence-electron chi connectivity index (χ1n) is 13.6. The van der Waals surface area contributed by atoms with Gasteiger partial charge in [0, 0.05) is 49.6 Å². The molecule has 0 unspecified atom stereocenters. The summed E-state index contributed by atoms with van der Waals surface area (Å²) in [5, 5.41) is 0. The van der Waals surface area contributed by atoms with Crippen LogP contribution in [0, 0.1) is 40.4 Å². The van der Waals surface area contributed by atoms with Gasteiger partial charge in [-0.1, -0.05) is 60.0 Å². The van der Waals surface area contributed by atoms with Crippen LogP contribution in [0.1, 0.15) is 22.3 Å². The van der Waals surface area contributed by atoms with E-state index in [-0.39, 0.29) is 24.8 Å². The quantitative estimate of drug-likeness (QED) is 0.144. The molecule has 10 heteroatoms. The summed E-state index contributed by atoms with van der Waals surface area (Å²) in [7, 11) is -3.67. The Kier molecular flexibility index (Phi) is 14.3. The number of aryl methyl sites for hydroxylation is 4. The van der Waals surface area contributed by atoms with E-state index in [1.54, 1.807) is 0 Å². The summed E-state index contributed by atoms with van der Waals surface area (Å²) >= 11 is 0. The van der Waals surface area contributed by atoms with Crippen molar-refractivity contribution in [2.75, 3.05) is 26.3 Å². The van der Waals surface area contributed by atoms with Crippen LogP contribution in [0.4, 0.5) is 35.7 Å². The average molecular weight is 778 g/mol. The number of hydrogen-bond acceptors (Lipinski definition) is 4. The predicted molar refractivity (Wildman–Crippen MR) is 170 cm³/mol. The number of halogens is 4. The minimum Gasteiger partial charge on any atom is -1.00 e. The Labute approximate surface area is 272 Å². The zero-order valence-corrected chi connectivity index (χ0v) is 27.4. The first-order valence-corrected chi connectivity index (χ1v) is 13.6. The number of anilines is 4. The van der Waals surface area contributed by atoms with E-state index in [9.17, 15) is 12.9 Å². The molecule has 4 aromatic rings. The van der Waals surface area contributed by atoms with Crippen molar-refractivity contribution in [3.05, 3.63) is 151 Å². The topological polar surface area (TPSA) is 13.0 Å². The molecule has 44 heavy (non-hydrogen) atoms. The van der Waals surface area contributed by atoms with Gasteiger partial charge in [0.25, 0.3) is 0 Å². The first-order chi connectivity index (χ1) is 20.2. The van der Waals surface area contributed by atoms with Gasteiger partial charge in [-0.2, -0.15) is 23.8 Å². The summed E-state index contributed by atoms with van der Waals surface area (Å²) in [5.74, 6) is 0. The average Bonchev–Trinajstić information content (AvgIpc) is 3.66. The van der Waals surface area contributed by atoms with Crippen LogP contribution in [0.15, 0.2) is 116 Å². The second-order valence-corrected chi connectivity index (χ2v) is 10.1. The third kappa shape index (κ3) is 10.6. The summed E-state index contributed by atoms with van der Waals surface area (Å²) in [5.41, 5.74) is 9.77. The van der Waals surface area contributed by atoms with E-state index >= 15 is 0 Å². The molecule has 0 N–H and O–H groups in total. The molecule has 0 bridgehead atoms. The van der Waals surface area contributed by atoms with Crippen LogP contribution in [-0.2, 0) is 20.1 Å². The molecule has 0 saturated heterocycles. The zero-order chi connectivity index (χ0) is 30.1.